The molecule has 17 heavy (non-hydrogen) atoms. The van der Waals surface area contributed by atoms with Gasteiger partial charge in [-0.25, -0.2) is 0 Å². The van der Waals surface area contributed by atoms with Gasteiger partial charge in [0.15, 0.2) is 0 Å². The average molecular weight is 238 g/mol. The number of carbonyl (C=O) groups is 1. The monoisotopic (exact) mass is 238 g/mol. The molecule has 1 saturated carbocycles. The SMILES string of the molecule is CC1(C(=O)NCCCC2CCCC2)CCCN1. The maximum absolute atomic E-state index is 12.0. The normalized spacial score (nSPS) is 29.7. The Kier molecular flexibility index (Phi) is 4.43. The van der Waals surface area contributed by atoms with E-state index in [2.05, 4.69) is 10.6 Å². The molecular weight excluding hydrogens is 212 g/mol. The third kappa shape index (κ3) is 3.44. The Balaban J connectivity index is 1.59. The molecule has 2 fully saturated rings. The zero-order valence-electron chi connectivity index (χ0n) is 11.1. The third-order valence-corrected chi connectivity index (χ3v) is 4.42. The molecule has 2 rings (SSSR count). The van der Waals surface area contributed by atoms with Crippen molar-refractivity contribution in [3.8, 4) is 0 Å². The smallest absolute Gasteiger partial charge is 0.240 e. The predicted molar refractivity (Wildman–Crippen MR) is 69.8 cm³/mol. The van der Waals surface area contributed by atoms with Crippen molar-refractivity contribution in [2.75, 3.05) is 13.1 Å². The summed E-state index contributed by atoms with van der Waals surface area (Å²) in [5, 5.41) is 6.39. The van der Waals surface area contributed by atoms with E-state index in [0.717, 1.165) is 38.3 Å². The quantitative estimate of drug-likeness (QED) is 0.721. The summed E-state index contributed by atoms with van der Waals surface area (Å²) in [6.07, 6.45) is 10.2. The van der Waals surface area contributed by atoms with Crippen molar-refractivity contribution in [1.29, 1.82) is 0 Å². The topological polar surface area (TPSA) is 41.1 Å². The van der Waals surface area contributed by atoms with E-state index in [1.54, 1.807) is 0 Å². The van der Waals surface area contributed by atoms with Crippen LogP contribution in [0, 0.1) is 5.92 Å². The van der Waals surface area contributed by atoms with E-state index in [1.165, 1.54) is 32.1 Å². The van der Waals surface area contributed by atoms with Gasteiger partial charge in [-0.1, -0.05) is 25.7 Å². The maximum atomic E-state index is 12.0. The van der Waals surface area contributed by atoms with Crippen LogP contribution in [0.2, 0.25) is 0 Å². The van der Waals surface area contributed by atoms with E-state index in [4.69, 9.17) is 0 Å². The average Bonchev–Trinajstić information content (AvgIpc) is 2.96. The second-order valence-electron chi connectivity index (χ2n) is 5.91. The summed E-state index contributed by atoms with van der Waals surface area (Å²) in [6.45, 7) is 3.85. The van der Waals surface area contributed by atoms with Crippen LogP contribution in [-0.2, 0) is 4.79 Å². The zero-order chi connectivity index (χ0) is 12.1. The summed E-state index contributed by atoms with van der Waals surface area (Å²) < 4.78 is 0. The highest BCUT2D eigenvalue weighted by molar-refractivity contribution is 5.86. The van der Waals surface area contributed by atoms with Crippen molar-refractivity contribution in [2.45, 2.75) is 63.8 Å². The summed E-state index contributed by atoms with van der Waals surface area (Å²) in [6, 6.07) is 0. The molecule has 98 valence electrons. The molecule has 0 bridgehead atoms. The van der Waals surface area contributed by atoms with Gasteiger partial charge in [0.05, 0.1) is 5.54 Å². The fraction of sp³-hybridized carbons (Fsp3) is 0.929. The minimum atomic E-state index is -0.298. The lowest BCUT2D eigenvalue weighted by Gasteiger charge is -2.23. The first-order chi connectivity index (χ1) is 8.21. The summed E-state index contributed by atoms with van der Waals surface area (Å²) >= 11 is 0. The Morgan fingerprint density at radius 2 is 2.12 bits per heavy atom. The van der Waals surface area contributed by atoms with E-state index in [1.807, 2.05) is 6.92 Å². The fourth-order valence-corrected chi connectivity index (χ4v) is 3.18. The van der Waals surface area contributed by atoms with Gasteiger partial charge in [-0.15, -0.1) is 0 Å². The second kappa shape index (κ2) is 5.85. The van der Waals surface area contributed by atoms with Crippen molar-refractivity contribution >= 4 is 5.91 Å². The lowest BCUT2D eigenvalue weighted by Crippen LogP contribution is -2.51. The van der Waals surface area contributed by atoms with Crippen LogP contribution >= 0.6 is 0 Å². The maximum Gasteiger partial charge on any atom is 0.240 e. The molecule has 3 heteroatoms. The molecule has 0 radical (unpaired) electrons. The molecule has 0 aromatic heterocycles. The van der Waals surface area contributed by atoms with Crippen molar-refractivity contribution in [1.82, 2.24) is 10.6 Å². The summed E-state index contributed by atoms with van der Waals surface area (Å²) in [5.41, 5.74) is -0.298. The molecule has 2 aliphatic rings. The molecule has 1 saturated heterocycles. The molecule has 1 heterocycles. The molecule has 0 aromatic carbocycles. The summed E-state index contributed by atoms with van der Waals surface area (Å²) in [7, 11) is 0. The number of hydrogen-bond acceptors (Lipinski definition) is 2. The van der Waals surface area contributed by atoms with Gasteiger partial charge in [-0.3, -0.25) is 4.79 Å². The van der Waals surface area contributed by atoms with Crippen molar-refractivity contribution in [3.05, 3.63) is 0 Å². The Bertz CT molecular complexity index is 253. The number of hydrogen-bond donors (Lipinski definition) is 2. The van der Waals surface area contributed by atoms with Crippen molar-refractivity contribution in [3.63, 3.8) is 0 Å². The highest BCUT2D eigenvalue weighted by Gasteiger charge is 2.35. The first kappa shape index (κ1) is 12.9. The molecule has 2 N–H and O–H groups in total. The van der Waals surface area contributed by atoms with Gasteiger partial charge in [0.25, 0.3) is 0 Å². The molecule has 0 spiro atoms. The van der Waals surface area contributed by atoms with Crippen LogP contribution in [0.5, 0.6) is 0 Å². The van der Waals surface area contributed by atoms with Crippen LogP contribution in [0.4, 0.5) is 0 Å². The summed E-state index contributed by atoms with van der Waals surface area (Å²) in [4.78, 5) is 12.0. The third-order valence-electron chi connectivity index (χ3n) is 4.42. The van der Waals surface area contributed by atoms with Gasteiger partial charge in [0.1, 0.15) is 0 Å². The van der Waals surface area contributed by atoms with E-state index < -0.39 is 0 Å². The molecular formula is C14H26N2O. The van der Waals surface area contributed by atoms with Gasteiger partial charge in [0.2, 0.25) is 5.91 Å². The van der Waals surface area contributed by atoms with Crippen LogP contribution in [0.15, 0.2) is 0 Å². The fourth-order valence-electron chi connectivity index (χ4n) is 3.18. The second-order valence-corrected chi connectivity index (χ2v) is 5.91. The van der Waals surface area contributed by atoms with Gasteiger partial charge in [-0.2, -0.15) is 0 Å². The van der Waals surface area contributed by atoms with Gasteiger partial charge >= 0.3 is 0 Å². The standard InChI is InChI=1S/C14H26N2O/c1-14(9-5-11-16-14)13(17)15-10-4-8-12-6-2-3-7-12/h12,16H,2-11H2,1H3,(H,15,17). The molecule has 1 aliphatic carbocycles. The van der Waals surface area contributed by atoms with Crippen LogP contribution in [0.1, 0.15) is 58.3 Å². The first-order valence-corrected chi connectivity index (χ1v) is 7.24. The Morgan fingerprint density at radius 1 is 1.35 bits per heavy atom. The van der Waals surface area contributed by atoms with Gasteiger partial charge in [-0.05, 0) is 45.1 Å². The lowest BCUT2D eigenvalue weighted by atomic mass is 9.99. The predicted octanol–water partition coefficient (Wildman–Crippen LogP) is 2.22. The number of nitrogens with one attached hydrogen (secondary N) is 2. The number of rotatable bonds is 5. The van der Waals surface area contributed by atoms with Crippen molar-refractivity contribution < 1.29 is 4.79 Å². The lowest BCUT2D eigenvalue weighted by molar-refractivity contribution is -0.126. The van der Waals surface area contributed by atoms with E-state index in [0.29, 0.717) is 0 Å². The highest BCUT2D eigenvalue weighted by Crippen LogP contribution is 2.28. The Morgan fingerprint density at radius 3 is 2.76 bits per heavy atom. The molecule has 0 aromatic rings. The van der Waals surface area contributed by atoms with Crippen molar-refractivity contribution in [2.24, 2.45) is 5.92 Å². The molecule has 1 atom stereocenters. The van der Waals surface area contributed by atoms with Crippen LogP contribution in [0.25, 0.3) is 0 Å². The van der Waals surface area contributed by atoms with Crippen LogP contribution in [-0.4, -0.2) is 24.5 Å². The van der Waals surface area contributed by atoms with Crippen LogP contribution in [0.3, 0.4) is 0 Å². The van der Waals surface area contributed by atoms with Gasteiger partial charge in [0, 0.05) is 6.54 Å². The van der Waals surface area contributed by atoms with E-state index >= 15 is 0 Å². The largest absolute Gasteiger partial charge is 0.355 e. The molecule has 1 aliphatic heterocycles. The van der Waals surface area contributed by atoms with Crippen LogP contribution < -0.4 is 10.6 Å². The minimum absolute atomic E-state index is 0.196. The molecule has 1 amide bonds. The number of amides is 1. The Labute approximate surface area is 105 Å². The molecule has 3 nitrogen and oxygen atoms in total. The minimum Gasteiger partial charge on any atom is -0.355 e. The summed E-state index contributed by atoms with van der Waals surface area (Å²) in [5.74, 6) is 1.13. The van der Waals surface area contributed by atoms with E-state index in [9.17, 15) is 4.79 Å². The number of carbonyl (C=O) groups excluding carboxylic acids is 1. The highest BCUT2D eigenvalue weighted by atomic mass is 16.2. The van der Waals surface area contributed by atoms with E-state index in [-0.39, 0.29) is 11.4 Å². The van der Waals surface area contributed by atoms with Gasteiger partial charge < -0.3 is 10.6 Å². The Hall–Kier alpha value is -0.570. The molecule has 1 unspecified atom stereocenters. The first-order valence-electron chi connectivity index (χ1n) is 7.24. The zero-order valence-corrected chi connectivity index (χ0v) is 11.1.